The topological polar surface area (TPSA) is 112 Å². The standard InChI is InChI=1S/C10H8O6S2.Na/c11-17(12,13)8-4-5-9-7(6-8)2-1-3-10(9)18(14,15)16;/h1-6H,(H,11,12,13)(H,14,15,16);/q;+1/p-1. The molecular weight excluding hydrogens is 303 g/mol. The van der Waals surface area contributed by atoms with E-state index in [4.69, 9.17) is 4.55 Å². The molecule has 0 amide bonds. The molecule has 2 rings (SSSR count). The van der Waals surface area contributed by atoms with Crippen LogP contribution in [-0.4, -0.2) is 25.9 Å². The zero-order chi connectivity index (χ0) is 13.6. The Morgan fingerprint density at radius 1 is 1.00 bits per heavy atom. The van der Waals surface area contributed by atoms with E-state index in [9.17, 15) is 21.4 Å². The Bertz CT molecular complexity index is 826. The fourth-order valence-electron chi connectivity index (χ4n) is 1.61. The minimum atomic E-state index is -4.64. The van der Waals surface area contributed by atoms with Crippen molar-refractivity contribution in [2.75, 3.05) is 0 Å². The number of benzene rings is 2. The van der Waals surface area contributed by atoms with Crippen LogP contribution in [0.5, 0.6) is 0 Å². The van der Waals surface area contributed by atoms with Gasteiger partial charge in [-0.25, -0.2) is 8.42 Å². The third-order valence-electron chi connectivity index (χ3n) is 2.38. The summed E-state index contributed by atoms with van der Waals surface area (Å²) in [6.45, 7) is 0. The van der Waals surface area contributed by atoms with E-state index < -0.39 is 25.1 Å². The summed E-state index contributed by atoms with van der Waals surface area (Å²) in [5, 5.41) is 0.349. The second-order valence-corrected chi connectivity index (χ2v) is 6.34. The van der Waals surface area contributed by atoms with Crippen molar-refractivity contribution in [1.29, 1.82) is 0 Å². The normalized spacial score (nSPS) is 12.1. The molecule has 9 heteroatoms. The molecule has 0 bridgehead atoms. The Hall–Kier alpha value is -0.480. The van der Waals surface area contributed by atoms with Gasteiger partial charge in [0.25, 0.3) is 10.1 Å². The van der Waals surface area contributed by atoms with Crippen LogP contribution in [0.15, 0.2) is 46.2 Å². The van der Waals surface area contributed by atoms with E-state index in [1.165, 1.54) is 18.2 Å². The monoisotopic (exact) mass is 310 g/mol. The van der Waals surface area contributed by atoms with Crippen LogP contribution in [0.2, 0.25) is 0 Å². The summed E-state index contributed by atoms with van der Waals surface area (Å²) in [5.74, 6) is 0. The van der Waals surface area contributed by atoms with Gasteiger partial charge in [-0.2, -0.15) is 8.42 Å². The smallest absolute Gasteiger partial charge is 0.744 e. The second-order valence-electron chi connectivity index (χ2n) is 3.57. The maximum absolute atomic E-state index is 11.0. The van der Waals surface area contributed by atoms with Crippen molar-refractivity contribution in [1.82, 2.24) is 0 Å². The molecule has 2 aromatic rings. The molecule has 0 aromatic heterocycles. The van der Waals surface area contributed by atoms with Crippen molar-refractivity contribution in [3.8, 4) is 0 Å². The molecule has 0 saturated carbocycles. The molecule has 0 fully saturated rings. The van der Waals surface area contributed by atoms with Crippen LogP contribution in [0.4, 0.5) is 0 Å². The number of fused-ring (bicyclic) bond motifs is 1. The van der Waals surface area contributed by atoms with Gasteiger partial charge in [0, 0.05) is 0 Å². The van der Waals surface area contributed by atoms with Gasteiger partial charge in [0.05, 0.1) is 9.79 Å². The van der Waals surface area contributed by atoms with Crippen LogP contribution in [0, 0.1) is 0 Å². The van der Waals surface area contributed by atoms with E-state index in [1.807, 2.05) is 0 Å². The number of hydrogen-bond acceptors (Lipinski definition) is 5. The van der Waals surface area contributed by atoms with Crippen molar-refractivity contribution in [3.05, 3.63) is 36.4 Å². The summed E-state index contributed by atoms with van der Waals surface area (Å²) in [7, 11) is -9.01. The zero-order valence-electron chi connectivity index (χ0n) is 9.77. The maximum atomic E-state index is 11.0. The molecule has 2 aromatic carbocycles. The van der Waals surface area contributed by atoms with Crippen LogP contribution in [0.3, 0.4) is 0 Å². The summed E-state index contributed by atoms with van der Waals surface area (Å²) in [4.78, 5) is -0.794. The van der Waals surface area contributed by atoms with Crippen molar-refractivity contribution in [3.63, 3.8) is 0 Å². The Kier molecular flexibility index (Phi) is 4.79. The average Bonchev–Trinajstić information content (AvgIpc) is 2.25. The largest absolute Gasteiger partial charge is 1.00 e. The molecule has 0 radical (unpaired) electrons. The van der Waals surface area contributed by atoms with Crippen molar-refractivity contribution in [2.24, 2.45) is 0 Å². The maximum Gasteiger partial charge on any atom is 1.00 e. The molecule has 0 spiro atoms. The second kappa shape index (κ2) is 5.49. The van der Waals surface area contributed by atoms with Gasteiger partial charge in [0.1, 0.15) is 10.1 Å². The zero-order valence-corrected chi connectivity index (χ0v) is 13.4. The molecule has 0 heterocycles. The Morgan fingerprint density at radius 3 is 2.16 bits per heavy atom. The predicted octanol–water partition coefficient (Wildman–Crippen LogP) is -2.01. The summed E-state index contributed by atoms with van der Waals surface area (Å²) >= 11 is 0. The molecule has 0 aliphatic rings. The molecule has 1 N–H and O–H groups in total. The van der Waals surface area contributed by atoms with Crippen molar-refractivity contribution >= 4 is 31.0 Å². The molecule has 6 nitrogen and oxygen atoms in total. The van der Waals surface area contributed by atoms with Gasteiger partial charge < -0.3 is 4.55 Å². The van der Waals surface area contributed by atoms with Gasteiger partial charge in [-0.1, -0.05) is 18.2 Å². The van der Waals surface area contributed by atoms with E-state index in [1.54, 1.807) is 0 Å². The van der Waals surface area contributed by atoms with E-state index in [0.29, 0.717) is 0 Å². The number of hydrogen-bond donors (Lipinski definition) is 1. The van der Waals surface area contributed by atoms with Gasteiger partial charge in [-0.05, 0) is 29.0 Å². The first-order valence-electron chi connectivity index (χ1n) is 4.66. The average molecular weight is 310 g/mol. The SMILES string of the molecule is O=S(=O)([O-])c1cccc2cc(S(=O)(=O)O)ccc12.[Na+]. The van der Waals surface area contributed by atoms with Crippen LogP contribution in [0.1, 0.15) is 0 Å². The Morgan fingerprint density at radius 2 is 1.63 bits per heavy atom. The minimum absolute atomic E-state index is 0. The van der Waals surface area contributed by atoms with Gasteiger partial charge in [0.15, 0.2) is 0 Å². The van der Waals surface area contributed by atoms with E-state index in [2.05, 4.69) is 0 Å². The van der Waals surface area contributed by atoms with Crippen LogP contribution < -0.4 is 29.6 Å². The number of rotatable bonds is 2. The van der Waals surface area contributed by atoms with Gasteiger partial charge in [-0.15, -0.1) is 0 Å². The molecule has 0 aliphatic heterocycles. The fraction of sp³-hybridized carbons (Fsp3) is 0. The minimum Gasteiger partial charge on any atom is -0.744 e. The molecular formula is C10H7NaO6S2. The van der Waals surface area contributed by atoms with Crippen molar-refractivity contribution in [2.45, 2.75) is 9.79 Å². The van der Waals surface area contributed by atoms with E-state index in [0.717, 1.165) is 18.2 Å². The molecule has 19 heavy (non-hydrogen) atoms. The fourth-order valence-corrected chi connectivity index (χ4v) is 2.83. The first-order valence-corrected chi connectivity index (χ1v) is 7.50. The molecule has 0 unspecified atom stereocenters. The van der Waals surface area contributed by atoms with E-state index in [-0.39, 0.29) is 45.2 Å². The van der Waals surface area contributed by atoms with Crippen LogP contribution >= 0.6 is 0 Å². The summed E-state index contributed by atoms with van der Waals surface area (Å²) in [6.07, 6.45) is 0. The Labute approximate surface area is 132 Å². The summed E-state index contributed by atoms with van der Waals surface area (Å²) < 4.78 is 63.8. The van der Waals surface area contributed by atoms with E-state index >= 15 is 0 Å². The van der Waals surface area contributed by atoms with Gasteiger partial charge >= 0.3 is 29.6 Å². The van der Waals surface area contributed by atoms with Gasteiger partial charge in [-0.3, -0.25) is 4.55 Å². The molecule has 0 atom stereocenters. The molecule has 96 valence electrons. The van der Waals surface area contributed by atoms with Crippen LogP contribution in [-0.2, 0) is 20.2 Å². The third-order valence-corrected chi connectivity index (χ3v) is 4.12. The van der Waals surface area contributed by atoms with Crippen LogP contribution in [0.25, 0.3) is 10.8 Å². The first-order chi connectivity index (χ1) is 8.19. The first kappa shape index (κ1) is 16.6. The summed E-state index contributed by atoms with van der Waals surface area (Å²) in [5.41, 5.74) is 0. The molecule has 0 saturated heterocycles. The van der Waals surface area contributed by atoms with Gasteiger partial charge in [0.2, 0.25) is 0 Å². The quantitative estimate of drug-likeness (QED) is 0.507. The van der Waals surface area contributed by atoms with Crippen molar-refractivity contribution < 1.29 is 55.5 Å². The third kappa shape index (κ3) is 3.54. The Balaban J connectivity index is 0.00000180. The predicted molar refractivity (Wildman–Crippen MR) is 61.7 cm³/mol. The molecule has 0 aliphatic carbocycles. The summed E-state index contributed by atoms with van der Waals surface area (Å²) in [6, 6.07) is 7.20.